The Morgan fingerprint density at radius 2 is 2.07 bits per heavy atom. The fraction of sp³-hybridized carbons (Fsp3) is 1.00. The molecule has 0 saturated carbocycles. The van der Waals surface area contributed by atoms with E-state index in [1.807, 2.05) is 41.6 Å². The molecule has 15 heavy (non-hydrogen) atoms. The molecule has 0 aliphatic heterocycles. The van der Waals surface area contributed by atoms with Gasteiger partial charge in [0, 0.05) is 6.54 Å². The lowest BCUT2D eigenvalue weighted by molar-refractivity contribution is 0.136. The largest absolute Gasteiger partial charge is 0.472 e. The van der Waals surface area contributed by atoms with Gasteiger partial charge in [-0.05, 0) is 14.1 Å². The highest BCUT2D eigenvalue weighted by Gasteiger charge is 2.22. The summed E-state index contributed by atoms with van der Waals surface area (Å²) in [5, 5.41) is 8.67. The van der Waals surface area contributed by atoms with Gasteiger partial charge >= 0.3 is 7.82 Å². The fourth-order valence-electron chi connectivity index (χ4n) is 0.604. The summed E-state index contributed by atoms with van der Waals surface area (Å²) >= 11 is 1.92. The quantitative estimate of drug-likeness (QED) is 0.375. The normalized spacial score (nSPS) is 17.7. The standard InChI is InChI=1S/C7H17INO5P/c1-9(2)3-4-13-15(11,12)14-6-7(8)5-10/h7,10H,3-6H2,1-2H3,(H,11,12). The van der Waals surface area contributed by atoms with Crippen molar-refractivity contribution in [2.75, 3.05) is 40.5 Å². The second-order valence-corrected chi connectivity index (χ2v) is 6.40. The molecule has 0 spiro atoms. The van der Waals surface area contributed by atoms with Crippen LogP contribution in [-0.2, 0) is 13.6 Å². The lowest BCUT2D eigenvalue weighted by Crippen LogP contribution is -2.18. The summed E-state index contributed by atoms with van der Waals surface area (Å²) in [7, 11) is -0.293. The van der Waals surface area contributed by atoms with Crippen LogP contribution in [0.1, 0.15) is 0 Å². The van der Waals surface area contributed by atoms with E-state index < -0.39 is 7.82 Å². The summed E-state index contributed by atoms with van der Waals surface area (Å²) < 4.78 is 20.4. The molecule has 0 radical (unpaired) electrons. The highest BCUT2D eigenvalue weighted by atomic mass is 127. The van der Waals surface area contributed by atoms with E-state index in [9.17, 15) is 9.46 Å². The van der Waals surface area contributed by atoms with Crippen molar-refractivity contribution in [3.05, 3.63) is 0 Å². The number of aliphatic hydroxyl groups excluding tert-OH is 1. The molecule has 0 bridgehead atoms. The summed E-state index contributed by atoms with van der Waals surface area (Å²) in [6.45, 7) is 0.568. The Morgan fingerprint density at radius 3 is 2.53 bits per heavy atom. The van der Waals surface area contributed by atoms with Gasteiger partial charge in [-0.25, -0.2) is 4.57 Å². The number of nitrogens with zero attached hydrogens (tertiary/aromatic N) is 1. The maximum absolute atomic E-state index is 11.2. The molecule has 0 fully saturated rings. The maximum atomic E-state index is 11.2. The van der Waals surface area contributed by atoms with Crippen molar-refractivity contribution in [1.82, 2.24) is 4.90 Å². The molecule has 0 rings (SSSR count). The minimum Gasteiger partial charge on any atom is -0.395 e. The molecule has 92 valence electrons. The maximum Gasteiger partial charge on any atom is 0.472 e. The van der Waals surface area contributed by atoms with Crippen LogP contribution in [0.3, 0.4) is 0 Å². The number of alkyl halides is 1. The fourth-order valence-corrected chi connectivity index (χ4v) is 1.82. The number of halogens is 1. The van der Waals surface area contributed by atoms with Gasteiger partial charge in [0.05, 0.1) is 23.7 Å². The smallest absolute Gasteiger partial charge is 0.395 e. The van der Waals surface area contributed by atoms with Crippen LogP contribution in [0.25, 0.3) is 0 Å². The van der Waals surface area contributed by atoms with Crippen molar-refractivity contribution < 1.29 is 23.6 Å². The van der Waals surface area contributed by atoms with Crippen LogP contribution in [0.5, 0.6) is 0 Å². The molecule has 0 aromatic heterocycles. The minimum atomic E-state index is -3.96. The average Bonchev–Trinajstić information content (AvgIpc) is 2.13. The molecule has 0 saturated heterocycles. The molecule has 2 N–H and O–H groups in total. The molecular weight excluding hydrogens is 336 g/mol. The lowest BCUT2D eigenvalue weighted by Gasteiger charge is -2.15. The van der Waals surface area contributed by atoms with Crippen LogP contribution in [0.2, 0.25) is 0 Å². The Bertz CT molecular complexity index is 216. The van der Waals surface area contributed by atoms with Crippen LogP contribution in [0.4, 0.5) is 0 Å². The monoisotopic (exact) mass is 353 g/mol. The molecule has 2 unspecified atom stereocenters. The van der Waals surface area contributed by atoms with Crippen LogP contribution >= 0.6 is 30.4 Å². The van der Waals surface area contributed by atoms with Gasteiger partial charge < -0.3 is 14.9 Å². The van der Waals surface area contributed by atoms with Gasteiger partial charge in [-0.2, -0.15) is 0 Å². The number of phosphoric ester groups is 1. The lowest BCUT2D eigenvalue weighted by atomic mass is 10.5. The van der Waals surface area contributed by atoms with Crippen molar-refractivity contribution in [2.45, 2.75) is 3.92 Å². The van der Waals surface area contributed by atoms with Gasteiger partial charge in [0.1, 0.15) is 0 Å². The van der Waals surface area contributed by atoms with Gasteiger partial charge in [-0.3, -0.25) is 9.05 Å². The van der Waals surface area contributed by atoms with Gasteiger partial charge in [0.2, 0.25) is 0 Å². The third kappa shape index (κ3) is 9.68. The molecular formula is C7H17INO5P. The van der Waals surface area contributed by atoms with Crippen LogP contribution in [0, 0.1) is 0 Å². The van der Waals surface area contributed by atoms with E-state index in [1.54, 1.807) is 0 Å². The van der Waals surface area contributed by atoms with E-state index in [1.165, 1.54) is 0 Å². The Kier molecular flexibility index (Phi) is 8.34. The van der Waals surface area contributed by atoms with Crippen molar-refractivity contribution in [1.29, 1.82) is 0 Å². The van der Waals surface area contributed by atoms with E-state index in [4.69, 9.17) is 9.63 Å². The molecule has 0 aliphatic rings. The first kappa shape index (κ1) is 15.8. The van der Waals surface area contributed by atoms with Gasteiger partial charge in [0.25, 0.3) is 0 Å². The van der Waals surface area contributed by atoms with Gasteiger partial charge in [0.15, 0.2) is 0 Å². The number of rotatable bonds is 8. The number of hydrogen-bond donors (Lipinski definition) is 2. The van der Waals surface area contributed by atoms with E-state index >= 15 is 0 Å². The molecule has 0 aliphatic carbocycles. The second-order valence-electron chi connectivity index (χ2n) is 3.18. The molecule has 0 heterocycles. The molecule has 6 nitrogen and oxygen atoms in total. The number of likely N-dealkylation sites (N-methyl/N-ethyl adjacent to an activating group) is 1. The Morgan fingerprint density at radius 1 is 1.47 bits per heavy atom. The van der Waals surface area contributed by atoms with Crippen LogP contribution < -0.4 is 0 Å². The first-order chi connectivity index (χ1) is 6.87. The summed E-state index contributed by atoms with van der Waals surface area (Å²) in [6, 6.07) is 0. The summed E-state index contributed by atoms with van der Waals surface area (Å²) in [5.74, 6) is 0. The SMILES string of the molecule is CN(C)CCOP(=O)(O)OCC(I)CO. The zero-order valence-corrected chi connectivity index (χ0v) is 11.8. The Hall–Kier alpha value is 0.760. The molecule has 0 aromatic carbocycles. The minimum absolute atomic E-state index is 0.00714. The van der Waals surface area contributed by atoms with E-state index in [-0.39, 0.29) is 23.7 Å². The zero-order valence-electron chi connectivity index (χ0n) is 8.80. The first-order valence-corrected chi connectivity index (χ1v) is 7.13. The Labute approximate surface area is 103 Å². The van der Waals surface area contributed by atoms with Crippen molar-refractivity contribution in [3.8, 4) is 0 Å². The van der Waals surface area contributed by atoms with Crippen molar-refractivity contribution in [3.63, 3.8) is 0 Å². The number of aliphatic hydroxyl groups is 1. The second kappa shape index (κ2) is 7.94. The number of phosphoric acid groups is 1. The summed E-state index contributed by atoms with van der Waals surface area (Å²) in [5.41, 5.74) is 0. The van der Waals surface area contributed by atoms with Gasteiger partial charge in [-0.15, -0.1) is 0 Å². The average molecular weight is 353 g/mol. The predicted octanol–water partition coefficient (Wildman–Crippen LogP) is 0.477. The zero-order chi connectivity index (χ0) is 11.9. The van der Waals surface area contributed by atoms with Crippen molar-refractivity contribution in [2.24, 2.45) is 0 Å². The molecule has 2 atom stereocenters. The van der Waals surface area contributed by atoms with E-state index in [0.717, 1.165) is 0 Å². The summed E-state index contributed by atoms with van der Waals surface area (Å²) in [6.07, 6.45) is 0. The summed E-state index contributed by atoms with van der Waals surface area (Å²) in [4.78, 5) is 11.0. The predicted molar refractivity (Wildman–Crippen MR) is 65.2 cm³/mol. The molecule has 0 aromatic rings. The topological polar surface area (TPSA) is 79.2 Å². The third-order valence-corrected chi connectivity index (χ3v) is 3.15. The number of hydrogen-bond acceptors (Lipinski definition) is 5. The van der Waals surface area contributed by atoms with Crippen LogP contribution in [-0.4, -0.2) is 59.3 Å². The molecule has 0 amide bonds. The van der Waals surface area contributed by atoms with E-state index in [0.29, 0.717) is 6.54 Å². The molecule has 8 heteroatoms. The Balaban J connectivity index is 3.72. The first-order valence-electron chi connectivity index (χ1n) is 4.39. The van der Waals surface area contributed by atoms with Gasteiger partial charge in [-0.1, -0.05) is 22.6 Å². The van der Waals surface area contributed by atoms with E-state index in [2.05, 4.69) is 4.52 Å². The third-order valence-electron chi connectivity index (χ3n) is 1.41. The highest BCUT2D eigenvalue weighted by molar-refractivity contribution is 14.1. The van der Waals surface area contributed by atoms with Crippen LogP contribution in [0.15, 0.2) is 0 Å². The van der Waals surface area contributed by atoms with Crippen molar-refractivity contribution >= 4 is 30.4 Å². The highest BCUT2D eigenvalue weighted by Crippen LogP contribution is 2.43.